The number of hydrogen-bond acceptors (Lipinski definition) is 4. The molecule has 1 aromatic carbocycles. The van der Waals surface area contributed by atoms with Crippen molar-refractivity contribution in [2.24, 2.45) is 0 Å². The number of rotatable bonds is 5. The van der Waals surface area contributed by atoms with E-state index in [0.29, 0.717) is 5.56 Å². The highest BCUT2D eigenvalue weighted by Crippen LogP contribution is 2.16. The molecule has 1 heterocycles. The largest absolute Gasteiger partial charge is 0.377 e. The molecule has 0 bridgehead atoms. The lowest BCUT2D eigenvalue weighted by atomic mass is 10.2. The van der Waals surface area contributed by atoms with E-state index in [-0.39, 0.29) is 17.3 Å². The molecular formula is C14H15NO4S. The highest BCUT2D eigenvalue weighted by molar-refractivity contribution is 7.90. The topological polar surface area (TPSA) is 65.4 Å². The van der Waals surface area contributed by atoms with Crippen LogP contribution in [0.15, 0.2) is 47.6 Å². The van der Waals surface area contributed by atoms with Gasteiger partial charge in [0.25, 0.3) is 10.0 Å². The van der Waals surface area contributed by atoms with E-state index in [0.717, 1.165) is 9.54 Å². The van der Waals surface area contributed by atoms with Crippen molar-refractivity contribution >= 4 is 15.8 Å². The standard InChI is InChI=1S/C14H15NO4S/c1-11-3-5-13(6-4-11)20(17,18)15-8-7-12(9-15)14(16)10-19-2/h3-9H,10H2,1-2H3. The summed E-state index contributed by atoms with van der Waals surface area (Å²) < 4.78 is 30.5. The van der Waals surface area contributed by atoms with Gasteiger partial charge in [-0.3, -0.25) is 4.79 Å². The van der Waals surface area contributed by atoms with E-state index in [1.165, 1.54) is 25.6 Å². The van der Waals surface area contributed by atoms with Crippen LogP contribution in [0, 0.1) is 6.92 Å². The number of aromatic nitrogens is 1. The van der Waals surface area contributed by atoms with Crippen molar-refractivity contribution in [3.63, 3.8) is 0 Å². The maximum atomic E-state index is 12.4. The van der Waals surface area contributed by atoms with Gasteiger partial charge in [-0.25, -0.2) is 12.4 Å². The number of ketones is 1. The average Bonchev–Trinajstić information content (AvgIpc) is 2.90. The van der Waals surface area contributed by atoms with Crippen molar-refractivity contribution in [1.29, 1.82) is 0 Å². The van der Waals surface area contributed by atoms with Gasteiger partial charge in [0.1, 0.15) is 6.61 Å². The van der Waals surface area contributed by atoms with Crippen LogP contribution in [0.2, 0.25) is 0 Å². The molecular weight excluding hydrogens is 278 g/mol. The Labute approximate surface area is 117 Å². The Morgan fingerprint density at radius 1 is 1.20 bits per heavy atom. The summed E-state index contributed by atoms with van der Waals surface area (Å²) >= 11 is 0. The number of carbonyl (C=O) groups excluding carboxylic acids is 1. The molecule has 1 aromatic heterocycles. The Bertz CT molecular complexity index is 714. The summed E-state index contributed by atoms with van der Waals surface area (Å²) in [6.45, 7) is 1.81. The fourth-order valence-electron chi connectivity index (χ4n) is 1.74. The molecule has 0 saturated carbocycles. The minimum atomic E-state index is -3.66. The summed E-state index contributed by atoms with van der Waals surface area (Å²) in [5, 5.41) is 0. The first-order valence-electron chi connectivity index (χ1n) is 5.97. The molecule has 0 N–H and O–H groups in total. The van der Waals surface area contributed by atoms with Gasteiger partial charge in [-0.15, -0.1) is 0 Å². The van der Waals surface area contributed by atoms with Crippen molar-refractivity contribution in [3.05, 3.63) is 53.9 Å². The van der Waals surface area contributed by atoms with Crippen LogP contribution in [-0.2, 0) is 14.8 Å². The van der Waals surface area contributed by atoms with Crippen LogP contribution < -0.4 is 0 Å². The highest BCUT2D eigenvalue weighted by Gasteiger charge is 2.18. The number of hydrogen-bond donors (Lipinski definition) is 0. The molecule has 6 heteroatoms. The number of methoxy groups -OCH3 is 1. The predicted octanol–water partition coefficient (Wildman–Crippen LogP) is 1.86. The van der Waals surface area contributed by atoms with Gasteiger partial charge in [-0.1, -0.05) is 17.7 Å². The van der Waals surface area contributed by atoms with Crippen LogP contribution in [-0.4, -0.2) is 31.9 Å². The Hall–Kier alpha value is -1.92. The molecule has 0 atom stereocenters. The average molecular weight is 293 g/mol. The molecule has 0 amide bonds. The smallest absolute Gasteiger partial charge is 0.267 e. The summed E-state index contributed by atoms with van der Waals surface area (Å²) in [5.41, 5.74) is 1.29. The zero-order valence-corrected chi connectivity index (χ0v) is 12.1. The van der Waals surface area contributed by atoms with Crippen molar-refractivity contribution in [1.82, 2.24) is 3.97 Å². The Balaban J connectivity index is 2.35. The third kappa shape index (κ3) is 2.81. The third-order valence-electron chi connectivity index (χ3n) is 2.86. The minimum absolute atomic E-state index is 0.0748. The highest BCUT2D eigenvalue weighted by atomic mass is 32.2. The van der Waals surface area contributed by atoms with E-state index < -0.39 is 10.0 Å². The summed E-state index contributed by atoms with van der Waals surface area (Å²) in [4.78, 5) is 11.8. The van der Waals surface area contributed by atoms with Gasteiger partial charge in [0, 0.05) is 25.1 Å². The minimum Gasteiger partial charge on any atom is -0.377 e. The second kappa shape index (κ2) is 5.60. The molecule has 2 aromatic rings. The fraction of sp³-hybridized carbons (Fsp3) is 0.214. The first kappa shape index (κ1) is 14.5. The van der Waals surface area contributed by atoms with Crippen molar-refractivity contribution in [2.75, 3.05) is 13.7 Å². The summed E-state index contributed by atoms with van der Waals surface area (Å²) in [6.07, 6.45) is 2.66. The number of aryl methyl sites for hydroxylation is 1. The van der Waals surface area contributed by atoms with Crippen LogP contribution in [0.3, 0.4) is 0 Å². The van der Waals surface area contributed by atoms with Gasteiger partial charge in [-0.2, -0.15) is 0 Å². The number of nitrogens with zero attached hydrogens (tertiary/aromatic N) is 1. The Morgan fingerprint density at radius 2 is 1.85 bits per heavy atom. The van der Waals surface area contributed by atoms with Crippen LogP contribution in [0.4, 0.5) is 0 Å². The van der Waals surface area contributed by atoms with E-state index in [1.807, 2.05) is 6.92 Å². The first-order chi connectivity index (χ1) is 9.45. The summed E-state index contributed by atoms with van der Waals surface area (Å²) in [7, 11) is -2.25. The van der Waals surface area contributed by atoms with E-state index in [4.69, 9.17) is 4.74 Å². The SMILES string of the molecule is COCC(=O)c1ccn(S(=O)(=O)c2ccc(C)cc2)c1. The first-order valence-corrected chi connectivity index (χ1v) is 7.41. The van der Waals surface area contributed by atoms with Crippen LogP contribution in [0.5, 0.6) is 0 Å². The molecule has 0 fully saturated rings. The zero-order chi connectivity index (χ0) is 14.8. The number of Topliss-reactive ketones (excluding diaryl/α,β-unsaturated/α-hetero) is 1. The quantitative estimate of drug-likeness (QED) is 0.789. The maximum absolute atomic E-state index is 12.4. The number of ether oxygens (including phenoxy) is 1. The lowest BCUT2D eigenvalue weighted by molar-refractivity contribution is 0.0848. The second-order valence-electron chi connectivity index (χ2n) is 4.40. The molecule has 0 aliphatic rings. The summed E-state index contributed by atoms with van der Waals surface area (Å²) in [6, 6.07) is 8.01. The van der Waals surface area contributed by atoms with Gasteiger partial charge in [0.2, 0.25) is 0 Å². The molecule has 0 radical (unpaired) electrons. The molecule has 20 heavy (non-hydrogen) atoms. The molecule has 5 nitrogen and oxygen atoms in total. The number of carbonyl (C=O) groups is 1. The maximum Gasteiger partial charge on any atom is 0.267 e. The van der Waals surface area contributed by atoms with Crippen molar-refractivity contribution in [2.45, 2.75) is 11.8 Å². The van der Waals surface area contributed by atoms with Gasteiger partial charge >= 0.3 is 0 Å². The van der Waals surface area contributed by atoms with Crippen molar-refractivity contribution < 1.29 is 17.9 Å². The Kier molecular flexibility index (Phi) is 4.06. The molecule has 0 saturated heterocycles. The summed E-state index contributed by atoms with van der Waals surface area (Å²) in [5.74, 6) is -0.259. The van der Waals surface area contributed by atoms with E-state index in [2.05, 4.69) is 0 Å². The van der Waals surface area contributed by atoms with Gasteiger partial charge in [0.15, 0.2) is 5.78 Å². The zero-order valence-electron chi connectivity index (χ0n) is 11.2. The molecule has 0 aliphatic heterocycles. The molecule has 0 spiro atoms. The van der Waals surface area contributed by atoms with E-state index in [9.17, 15) is 13.2 Å². The normalized spacial score (nSPS) is 11.5. The molecule has 106 valence electrons. The van der Waals surface area contributed by atoms with Crippen molar-refractivity contribution in [3.8, 4) is 0 Å². The van der Waals surface area contributed by atoms with Crippen LogP contribution in [0.1, 0.15) is 15.9 Å². The monoisotopic (exact) mass is 293 g/mol. The number of benzene rings is 1. The van der Waals surface area contributed by atoms with Gasteiger partial charge in [0.05, 0.1) is 4.90 Å². The molecule has 2 rings (SSSR count). The van der Waals surface area contributed by atoms with Crippen LogP contribution in [0.25, 0.3) is 0 Å². The molecule has 0 aliphatic carbocycles. The van der Waals surface area contributed by atoms with E-state index in [1.54, 1.807) is 24.3 Å². The Morgan fingerprint density at radius 3 is 2.45 bits per heavy atom. The van der Waals surface area contributed by atoms with E-state index >= 15 is 0 Å². The van der Waals surface area contributed by atoms with Gasteiger partial charge < -0.3 is 4.74 Å². The second-order valence-corrected chi connectivity index (χ2v) is 6.25. The lowest BCUT2D eigenvalue weighted by Gasteiger charge is -2.05. The lowest BCUT2D eigenvalue weighted by Crippen LogP contribution is -2.11. The fourth-order valence-corrected chi connectivity index (χ4v) is 2.93. The molecule has 0 unspecified atom stereocenters. The van der Waals surface area contributed by atoms with Crippen LogP contribution >= 0.6 is 0 Å². The predicted molar refractivity (Wildman–Crippen MR) is 74.4 cm³/mol. The third-order valence-corrected chi connectivity index (χ3v) is 4.51. The van der Waals surface area contributed by atoms with Gasteiger partial charge in [-0.05, 0) is 25.1 Å².